The standard InChI is InChI=1S/C10H10FNO3.ClH/c11-8-6(10(13)14)2-1-5-7(12)3-4-15-9(5)8;/h1-2,7H,3-4,12H2,(H,13,14);1H/t7-;/m1./s1. The molecule has 88 valence electrons. The van der Waals surface area contributed by atoms with Crippen molar-refractivity contribution in [2.24, 2.45) is 5.73 Å². The Morgan fingerprint density at radius 1 is 1.56 bits per heavy atom. The largest absolute Gasteiger partial charge is 0.490 e. The highest BCUT2D eigenvalue weighted by Gasteiger charge is 2.25. The molecule has 6 heteroatoms. The summed E-state index contributed by atoms with van der Waals surface area (Å²) in [6.45, 7) is 0.314. The van der Waals surface area contributed by atoms with Crippen LogP contribution in [-0.4, -0.2) is 17.7 Å². The van der Waals surface area contributed by atoms with Gasteiger partial charge in [0.1, 0.15) is 0 Å². The van der Waals surface area contributed by atoms with Gasteiger partial charge in [0.25, 0.3) is 0 Å². The van der Waals surface area contributed by atoms with Gasteiger partial charge in [-0.3, -0.25) is 0 Å². The van der Waals surface area contributed by atoms with E-state index in [9.17, 15) is 9.18 Å². The van der Waals surface area contributed by atoms with Crippen molar-refractivity contribution in [3.05, 3.63) is 29.1 Å². The van der Waals surface area contributed by atoms with Gasteiger partial charge >= 0.3 is 5.97 Å². The third kappa shape index (κ3) is 1.96. The fourth-order valence-corrected chi connectivity index (χ4v) is 1.62. The Kier molecular flexibility index (Phi) is 3.72. The molecule has 0 fully saturated rings. The average molecular weight is 248 g/mol. The summed E-state index contributed by atoms with van der Waals surface area (Å²) >= 11 is 0. The number of aromatic carboxylic acids is 1. The Balaban J connectivity index is 0.00000128. The SMILES string of the molecule is Cl.N[C@@H]1CCOc2c1ccc(C(=O)O)c2F. The maximum atomic E-state index is 13.6. The van der Waals surface area contributed by atoms with E-state index in [2.05, 4.69) is 0 Å². The first-order valence-corrected chi connectivity index (χ1v) is 4.55. The molecule has 1 aliphatic heterocycles. The van der Waals surface area contributed by atoms with Crippen LogP contribution in [0.3, 0.4) is 0 Å². The Bertz CT molecular complexity index is 425. The van der Waals surface area contributed by atoms with Crippen LogP contribution >= 0.6 is 12.4 Å². The number of rotatable bonds is 1. The van der Waals surface area contributed by atoms with Crippen LogP contribution in [0.2, 0.25) is 0 Å². The van der Waals surface area contributed by atoms with Gasteiger partial charge in [-0.25, -0.2) is 9.18 Å². The summed E-state index contributed by atoms with van der Waals surface area (Å²) < 4.78 is 18.7. The fraction of sp³-hybridized carbons (Fsp3) is 0.300. The zero-order valence-electron chi connectivity index (χ0n) is 8.27. The number of carbonyl (C=O) groups is 1. The van der Waals surface area contributed by atoms with Gasteiger partial charge in [0.05, 0.1) is 12.2 Å². The van der Waals surface area contributed by atoms with Crippen LogP contribution in [0.15, 0.2) is 12.1 Å². The Labute approximate surface area is 97.6 Å². The lowest BCUT2D eigenvalue weighted by atomic mass is 9.99. The molecule has 3 N–H and O–H groups in total. The molecule has 1 aliphatic rings. The van der Waals surface area contributed by atoms with Crippen LogP contribution in [0.1, 0.15) is 28.4 Å². The number of hydrogen-bond acceptors (Lipinski definition) is 3. The normalized spacial score (nSPS) is 18.0. The van der Waals surface area contributed by atoms with Crippen molar-refractivity contribution in [3.8, 4) is 5.75 Å². The van der Waals surface area contributed by atoms with E-state index in [0.29, 0.717) is 18.6 Å². The molecule has 0 aliphatic carbocycles. The third-order valence-corrected chi connectivity index (χ3v) is 2.43. The number of fused-ring (bicyclic) bond motifs is 1. The highest BCUT2D eigenvalue weighted by atomic mass is 35.5. The summed E-state index contributed by atoms with van der Waals surface area (Å²) in [4.78, 5) is 10.7. The van der Waals surface area contributed by atoms with Crippen LogP contribution in [0.4, 0.5) is 4.39 Å². The Morgan fingerprint density at radius 2 is 2.25 bits per heavy atom. The molecule has 0 radical (unpaired) electrons. The number of carboxylic acid groups (broad SMARTS) is 1. The Morgan fingerprint density at radius 3 is 2.88 bits per heavy atom. The number of ether oxygens (including phenoxy) is 1. The summed E-state index contributed by atoms with van der Waals surface area (Å²) in [5, 5.41) is 8.71. The average Bonchev–Trinajstić information content (AvgIpc) is 2.19. The molecule has 0 spiro atoms. The van der Waals surface area contributed by atoms with Gasteiger partial charge in [0, 0.05) is 18.0 Å². The molecule has 1 aromatic rings. The molecule has 4 nitrogen and oxygen atoms in total. The van der Waals surface area contributed by atoms with Crippen molar-refractivity contribution in [1.82, 2.24) is 0 Å². The molecule has 0 aromatic heterocycles. The minimum absolute atomic E-state index is 0. The summed E-state index contributed by atoms with van der Waals surface area (Å²) in [5.74, 6) is -2.16. The van der Waals surface area contributed by atoms with Crippen molar-refractivity contribution >= 4 is 18.4 Å². The van der Waals surface area contributed by atoms with Gasteiger partial charge in [-0.1, -0.05) is 6.07 Å². The predicted octanol–water partition coefficient (Wildman–Crippen LogP) is 1.73. The van der Waals surface area contributed by atoms with Gasteiger partial charge in [-0.2, -0.15) is 0 Å². The second-order valence-electron chi connectivity index (χ2n) is 3.39. The van der Waals surface area contributed by atoms with Gasteiger partial charge in [-0.15, -0.1) is 12.4 Å². The minimum Gasteiger partial charge on any atom is -0.490 e. The number of nitrogens with two attached hydrogens (primary N) is 1. The van der Waals surface area contributed by atoms with E-state index in [-0.39, 0.29) is 29.8 Å². The third-order valence-electron chi connectivity index (χ3n) is 2.43. The topological polar surface area (TPSA) is 72.5 Å². The molecule has 1 aromatic carbocycles. The van der Waals surface area contributed by atoms with Gasteiger partial charge < -0.3 is 15.6 Å². The maximum Gasteiger partial charge on any atom is 0.338 e. The molecule has 1 atom stereocenters. The first-order chi connectivity index (χ1) is 7.11. The smallest absolute Gasteiger partial charge is 0.338 e. The quantitative estimate of drug-likeness (QED) is 0.793. The lowest BCUT2D eigenvalue weighted by molar-refractivity contribution is 0.0690. The molecule has 1 heterocycles. The van der Waals surface area contributed by atoms with Crippen LogP contribution in [-0.2, 0) is 0 Å². The predicted molar refractivity (Wildman–Crippen MR) is 57.6 cm³/mol. The molecule has 0 saturated heterocycles. The first-order valence-electron chi connectivity index (χ1n) is 4.55. The van der Waals surface area contributed by atoms with Gasteiger partial charge in [0.2, 0.25) is 0 Å². The Hall–Kier alpha value is -1.33. The van der Waals surface area contributed by atoms with E-state index in [4.69, 9.17) is 15.6 Å². The van der Waals surface area contributed by atoms with Crippen molar-refractivity contribution in [2.75, 3.05) is 6.61 Å². The second-order valence-corrected chi connectivity index (χ2v) is 3.39. The molecular formula is C10H11ClFNO3. The maximum absolute atomic E-state index is 13.6. The molecule has 0 amide bonds. The van der Waals surface area contributed by atoms with Crippen LogP contribution in [0, 0.1) is 5.82 Å². The number of hydrogen-bond donors (Lipinski definition) is 2. The van der Waals surface area contributed by atoms with Gasteiger partial charge in [0.15, 0.2) is 11.6 Å². The molecule has 16 heavy (non-hydrogen) atoms. The van der Waals surface area contributed by atoms with Crippen molar-refractivity contribution in [1.29, 1.82) is 0 Å². The van der Waals surface area contributed by atoms with Crippen molar-refractivity contribution < 1.29 is 19.0 Å². The van der Waals surface area contributed by atoms with Crippen molar-refractivity contribution in [2.45, 2.75) is 12.5 Å². The first kappa shape index (κ1) is 12.7. The summed E-state index contributed by atoms with van der Waals surface area (Å²) in [5.41, 5.74) is 5.89. The highest BCUT2D eigenvalue weighted by molar-refractivity contribution is 5.88. The van der Waals surface area contributed by atoms with E-state index in [1.54, 1.807) is 0 Å². The van der Waals surface area contributed by atoms with Crippen LogP contribution in [0.5, 0.6) is 5.75 Å². The molecule has 2 rings (SSSR count). The zero-order chi connectivity index (χ0) is 11.0. The summed E-state index contributed by atoms with van der Waals surface area (Å²) in [6, 6.07) is 2.43. The second kappa shape index (κ2) is 4.67. The number of carboxylic acids is 1. The lowest BCUT2D eigenvalue weighted by Crippen LogP contribution is -2.22. The number of halogens is 2. The zero-order valence-corrected chi connectivity index (χ0v) is 9.09. The molecule has 0 bridgehead atoms. The molecule has 0 saturated carbocycles. The monoisotopic (exact) mass is 247 g/mol. The van der Waals surface area contributed by atoms with E-state index < -0.39 is 11.8 Å². The van der Waals surface area contributed by atoms with E-state index >= 15 is 0 Å². The highest BCUT2D eigenvalue weighted by Crippen LogP contribution is 2.34. The van der Waals surface area contributed by atoms with Crippen molar-refractivity contribution in [3.63, 3.8) is 0 Å². The molecule has 0 unspecified atom stereocenters. The van der Waals surface area contributed by atoms with Crippen LogP contribution < -0.4 is 10.5 Å². The molecular weight excluding hydrogens is 237 g/mol. The summed E-state index contributed by atoms with van der Waals surface area (Å²) in [6.07, 6.45) is 0.610. The summed E-state index contributed by atoms with van der Waals surface area (Å²) in [7, 11) is 0. The van der Waals surface area contributed by atoms with Gasteiger partial charge in [-0.05, 0) is 6.07 Å². The fourth-order valence-electron chi connectivity index (χ4n) is 1.62. The van der Waals surface area contributed by atoms with E-state index in [0.717, 1.165) is 0 Å². The minimum atomic E-state index is -1.31. The van der Waals surface area contributed by atoms with Crippen LogP contribution in [0.25, 0.3) is 0 Å². The lowest BCUT2D eigenvalue weighted by Gasteiger charge is -2.23. The number of benzene rings is 1. The van der Waals surface area contributed by atoms with E-state index in [1.165, 1.54) is 12.1 Å². The van der Waals surface area contributed by atoms with E-state index in [1.807, 2.05) is 0 Å².